The van der Waals surface area contributed by atoms with E-state index in [1.54, 1.807) is 11.3 Å². The number of nitrogens with one attached hydrogen (secondary N) is 1. The summed E-state index contributed by atoms with van der Waals surface area (Å²) in [5, 5.41) is 7.44. The maximum absolute atomic E-state index is 5.76. The van der Waals surface area contributed by atoms with Crippen LogP contribution < -0.4 is 11.1 Å². The van der Waals surface area contributed by atoms with E-state index in [0.29, 0.717) is 0 Å². The van der Waals surface area contributed by atoms with Gasteiger partial charge >= 0.3 is 0 Å². The molecule has 1 unspecified atom stereocenters. The van der Waals surface area contributed by atoms with Gasteiger partial charge < -0.3 is 11.1 Å². The molecule has 5 heteroatoms. The smallest absolute Gasteiger partial charge is 0.127 e. The first-order valence-electron chi connectivity index (χ1n) is 6.04. The van der Waals surface area contributed by atoms with Gasteiger partial charge in [0.2, 0.25) is 0 Å². The van der Waals surface area contributed by atoms with Gasteiger partial charge in [0.1, 0.15) is 10.8 Å². The number of hydrogen-bond acceptors (Lipinski definition) is 5. The Labute approximate surface area is 115 Å². The number of nitrogens with zero attached hydrogens (tertiary/aromatic N) is 2. The molecule has 1 atom stereocenters. The van der Waals surface area contributed by atoms with Crippen molar-refractivity contribution < 1.29 is 0 Å². The second kappa shape index (κ2) is 4.85. The van der Waals surface area contributed by atoms with Crippen LogP contribution in [0.2, 0.25) is 0 Å². The number of rotatable bonds is 3. The van der Waals surface area contributed by atoms with E-state index in [4.69, 9.17) is 5.73 Å². The van der Waals surface area contributed by atoms with Crippen molar-refractivity contribution in [1.82, 2.24) is 9.97 Å². The first kappa shape index (κ1) is 11.9. The van der Waals surface area contributed by atoms with Gasteiger partial charge in [-0.2, -0.15) is 0 Å². The highest BCUT2D eigenvalue weighted by Crippen LogP contribution is 2.22. The van der Waals surface area contributed by atoms with Crippen LogP contribution in [0.3, 0.4) is 0 Å². The third-order valence-electron chi connectivity index (χ3n) is 2.90. The zero-order valence-corrected chi connectivity index (χ0v) is 11.3. The van der Waals surface area contributed by atoms with E-state index in [9.17, 15) is 0 Å². The van der Waals surface area contributed by atoms with Gasteiger partial charge in [-0.25, -0.2) is 9.97 Å². The van der Waals surface area contributed by atoms with E-state index >= 15 is 0 Å². The molecule has 0 amide bonds. The highest BCUT2D eigenvalue weighted by molar-refractivity contribution is 7.09. The molecule has 0 aliphatic heterocycles. The van der Waals surface area contributed by atoms with Crippen LogP contribution in [0.4, 0.5) is 11.5 Å². The van der Waals surface area contributed by atoms with Crippen molar-refractivity contribution in [3.05, 3.63) is 46.9 Å². The summed E-state index contributed by atoms with van der Waals surface area (Å²) in [7, 11) is 0. The molecule has 0 radical (unpaired) electrons. The molecule has 3 N–H and O–H groups in total. The summed E-state index contributed by atoms with van der Waals surface area (Å²) in [5.74, 6) is 0.847. The standard InChI is InChI=1S/C14H14N4S/c1-9(14-16-6-7-19-14)17-13-5-2-10-8-11(15)3-4-12(10)18-13/h2-9H,15H2,1H3,(H,17,18). The molecule has 96 valence electrons. The monoisotopic (exact) mass is 270 g/mol. The minimum absolute atomic E-state index is 0.152. The highest BCUT2D eigenvalue weighted by atomic mass is 32.1. The maximum atomic E-state index is 5.76. The molecule has 0 aliphatic carbocycles. The van der Waals surface area contributed by atoms with E-state index in [-0.39, 0.29) is 6.04 Å². The number of pyridine rings is 1. The van der Waals surface area contributed by atoms with E-state index < -0.39 is 0 Å². The number of aromatic nitrogens is 2. The first-order chi connectivity index (χ1) is 9.22. The van der Waals surface area contributed by atoms with E-state index in [1.165, 1.54) is 0 Å². The van der Waals surface area contributed by atoms with Crippen LogP contribution in [0, 0.1) is 0 Å². The van der Waals surface area contributed by atoms with E-state index in [1.807, 2.05) is 41.9 Å². The Balaban J connectivity index is 1.87. The summed E-state index contributed by atoms with van der Waals surface area (Å²) in [6.07, 6.45) is 1.81. The van der Waals surface area contributed by atoms with E-state index in [0.717, 1.165) is 27.4 Å². The van der Waals surface area contributed by atoms with Crippen molar-refractivity contribution in [2.75, 3.05) is 11.1 Å². The number of nitrogen functional groups attached to an aromatic ring is 1. The van der Waals surface area contributed by atoms with Crippen LogP contribution in [-0.4, -0.2) is 9.97 Å². The normalized spacial score (nSPS) is 12.5. The molecule has 3 aromatic rings. The van der Waals surface area contributed by atoms with Crippen LogP contribution in [0.1, 0.15) is 18.0 Å². The average molecular weight is 270 g/mol. The lowest BCUT2D eigenvalue weighted by atomic mass is 10.2. The molecule has 2 aromatic heterocycles. The number of fused-ring (bicyclic) bond motifs is 1. The molecule has 0 saturated heterocycles. The van der Waals surface area contributed by atoms with Gasteiger partial charge in [-0.3, -0.25) is 0 Å². The Morgan fingerprint density at radius 3 is 2.95 bits per heavy atom. The molecular formula is C14H14N4S. The second-order valence-electron chi connectivity index (χ2n) is 4.38. The van der Waals surface area contributed by atoms with Crippen molar-refractivity contribution >= 4 is 33.7 Å². The van der Waals surface area contributed by atoms with Crippen molar-refractivity contribution in [2.24, 2.45) is 0 Å². The fraction of sp³-hybridized carbons (Fsp3) is 0.143. The topological polar surface area (TPSA) is 63.8 Å². The van der Waals surface area contributed by atoms with Gasteiger partial charge in [0.05, 0.1) is 11.6 Å². The fourth-order valence-electron chi connectivity index (χ4n) is 1.96. The molecule has 3 rings (SSSR count). The molecule has 0 aliphatic rings. The summed E-state index contributed by atoms with van der Waals surface area (Å²) in [4.78, 5) is 8.87. The number of thiazole rings is 1. The fourth-order valence-corrected chi connectivity index (χ4v) is 2.60. The molecule has 1 aromatic carbocycles. The number of hydrogen-bond donors (Lipinski definition) is 2. The van der Waals surface area contributed by atoms with E-state index in [2.05, 4.69) is 22.2 Å². The Morgan fingerprint density at radius 2 is 2.16 bits per heavy atom. The molecular weight excluding hydrogens is 256 g/mol. The number of benzene rings is 1. The lowest BCUT2D eigenvalue weighted by Gasteiger charge is -2.12. The van der Waals surface area contributed by atoms with Crippen LogP contribution in [-0.2, 0) is 0 Å². The van der Waals surface area contributed by atoms with Gasteiger partial charge in [0, 0.05) is 22.7 Å². The van der Waals surface area contributed by atoms with Crippen LogP contribution >= 0.6 is 11.3 Å². The Morgan fingerprint density at radius 1 is 1.26 bits per heavy atom. The maximum Gasteiger partial charge on any atom is 0.127 e. The minimum atomic E-state index is 0.152. The Kier molecular flexibility index (Phi) is 3.05. The van der Waals surface area contributed by atoms with Gasteiger partial charge in [0.25, 0.3) is 0 Å². The van der Waals surface area contributed by atoms with Gasteiger partial charge in [-0.15, -0.1) is 11.3 Å². The molecule has 19 heavy (non-hydrogen) atoms. The minimum Gasteiger partial charge on any atom is -0.399 e. The summed E-state index contributed by atoms with van der Waals surface area (Å²) in [6, 6.07) is 9.87. The molecule has 0 saturated carbocycles. The molecule has 0 fully saturated rings. The Bertz CT molecular complexity index is 694. The number of anilines is 2. The lowest BCUT2D eigenvalue weighted by Crippen LogP contribution is -2.07. The largest absolute Gasteiger partial charge is 0.399 e. The SMILES string of the molecule is CC(Nc1ccc2cc(N)ccc2n1)c1nccs1. The summed E-state index contributed by atoms with van der Waals surface area (Å²) < 4.78 is 0. The quantitative estimate of drug-likeness (QED) is 0.715. The van der Waals surface area contributed by atoms with Crippen LogP contribution in [0.15, 0.2) is 41.9 Å². The summed E-state index contributed by atoms with van der Waals surface area (Å²) >= 11 is 1.64. The van der Waals surface area contributed by atoms with Crippen molar-refractivity contribution in [3.63, 3.8) is 0 Å². The molecule has 2 heterocycles. The molecule has 0 spiro atoms. The van der Waals surface area contributed by atoms with Gasteiger partial charge in [-0.1, -0.05) is 0 Å². The zero-order chi connectivity index (χ0) is 13.2. The zero-order valence-electron chi connectivity index (χ0n) is 10.5. The number of nitrogens with two attached hydrogens (primary N) is 1. The van der Waals surface area contributed by atoms with Crippen molar-refractivity contribution in [3.8, 4) is 0 Å². The lowest BCUT2D eigenvalue weighted by molar-refractivity contribution is 0.862. The summed E-state index contributed by atoms with van der Waals surface area (Å²) in [5.41, 5.74) is 7.45. The molecule has 0 bridgehead atoms. The second-order valence-corrected chi connectivity index (χ2v) is 5.31. The predicted octanol–water partition coefficient (Wildman–Crippen LogP) is 3.45. The van der Waals surface area contributed by atoms with Crippen molar-refractivity contribution in [2.45, 2.75) is 13.0 Å². The third-order valence-corrected chi connectivity index (χ3v) is 3.86. The summed E-state index contributed by atoms with van der Waals surface area (Å²) in [6.45, 7) is 2.08. The first-order valence-corrected chi connectivity index (χ1v) is 6.92. The van der Waals surface area contributed by atoms with Crippen LogP contribution in [0.5, 0.6) is 0 Å². The van der Waals surface area contributed by atoms with Crippen molar-refractivity contribution in [1.29, 1.82) is 0 Å². The predicted molar refractivity (Wildman–Crippen MR) is 80.3 cm³/mol. The molecule has 4 nitrogen and oxygen atoms in total. The van der Waals surface area contributed by atoms with Gasteiger partial charge in [-0.05, 0) is 37.3 Å². The average Bonchev–Trinajstić information content (AvgIpc) is 2.93. The van der Waals surface area contributed by atoms with Gasteiger partial charge in [0.15, 0.2) is 0 Å². The third kappa shape index (κ3) is 2.51. The Hall–Kier alpha value is -2.14. The highest BCUT2D eigenvalue weighted by Gasteiger charge is 2.08. The van der Waals surface area contributed by atoms with Crippen LogP contribution in [0.25, 0.3) is 10.9 Å².